The van der Waals surface area contributed by atoms with Crippen LogP contribution in [0.15, 0.2) is 18.3 Å². The maximum Gasteiger partial charge on any atom is 0.133 e. The Balaban J connectivity index is 2.94. The van der Waals surface area contributed by atoms with Gasteiger partial charge in [-0.2, -0.15) is 0 Å². The van der Waals surface area contributed by atoms with Gasteiger partial charge >= 0.3 is 0 Å². The molecule has 0 fully saturated rings. The molecule has 0 saturated carbocycles. The van der Waals surface area contributed by atoms with Crippen LogP contribution < -0.4 is 10.6 Å². The third-order valence-corrected chi connectivity index (χ3v) is 2.04. The Morgan fingerprint density at radius 2 is 2.29 bits per heavy atom. The molecule has 78 valence electrons. The first kappa shape index (κ1) is 10.9. The zero-order valence-electron chi connectivity index (χ0n) is 8.64. The number of pyridine rings is 1. The lowest BCUT2D eigenvalue weighted by molar-refractivity contribution is 0.170. The highest BCUT2D eigenvalue weighted by Gasteiger charge is 2.13. The fraction of sp³-hybridized carbons (Fsp3) is 0.500. The van der Waals surface area contributed by atoms with Crippen molar-refractivity contribution in [3.63, 3.8) is 0 Å². The Kier molecular flexibility index (Phi) is 3.85. The van der Waals surface area contributed by atoms with E-state index < -0.39 is 6.10 Å². The molecule has 1 rings (SSSR count). The van der Waals surface area contributed by atoms with Crippen LogP contribution >= 0.6 is 0 Å². The minimum Gasteiger partial charge on any atom is -0.388 e. The zero-order chi connectivity index (χ0) is 10.6. The van der Waals surface area contributed by atoms with Crippen molar-refractivity contribution < 1.29 is 5.11 Å². The predicted octanol–water partition coefficient (Wildman–Crippen LogP) is 0.530. The number of nitrogens with two attached hydrogens (primary N) is 1. The first-order valence-electron chi connectivity index (χ1n) is 4.67. The Morgan fingerprint density at radius 3 is 2.86 bits per heavy atom. The normalized spacial score (nSPS) is 12.6. The van der Waals surface area contributed by atoms with Crippen LogP contribution in [0.3, 0.4) is 0 Å². The molecule has 14 heavy (non-hydrogen) atoms. The second kappa shape index (κ2) is 4.93. The Hall–Kier alpha value is -1.13. The van der Waals surface area contributed by atoms with E-state index in [-0.39, 0.29) is 0 Å². The Bertz CT molecular complexity index is 288. The van der Waals surface area contributed by atoms with Gasteiger partial charge in [0.05, 0.1) is 6.10 Å². The van der Waals surface area contributed by atoms with Gasteiger partial charge in [0.25, 0.3) is 0 Å². The molecule has 0 bridgehead atoms. The van der Waals surface area contributed by atoms with Gasteiger partial charge in [-0.15, -0.1) is 0 Å². The van der Waals surface area contributed by atoms with Gasteiger partial charge in [-0.1, -0.05) is 6.07 Å². The molecule has 4 heteroatoms. The maximum absolute atomic E-state index is 9.80. The van der Waals surface area contributed by atoms with Crippen molar-refractivity contribution in [3.8, 4) is 0 Å². The van der Waals surface area contributed by atoms with Gasteiger partial charge in [0.1, 0.15) is 5.82 Å². The monoisotopic (exact) mass is 195 g/mol. The quantitative estimate of drug-likeness (QED) is 0.735. The molecule has 0 spiro atoms. The molecule has 0 aliphatic rings. The first-order valence-corrected chi connectivity index (χ1v) is 4.67. The minimum atomic E-state index is -0.522. The number of hydrogen-bond acceptors (Lipinski definition) is 4. The van der Waals surface area contributed by atoms with Crippen LogP contribution in [-0.4, -0.2) is 30.7 Å². The van der Waals surface area contributed by atoms with E-state index in [0.29, 0.717) is 13.0 Å². The van der Waals surface area contributed by atoms with Crippen molar-refractivity contribution in [1.29, 1.82) is 0 Å². The molecule has 1 heterocycles. The third-order valence-electron chi connectivity index (χ3n) is 2.04. The lowest BCUT2D eigenvalue weighted by Crippen LogP contribution is -2.16. The molecule has 0 saturated heterocycles. The van der Waals surface area contributed by atoms with Crippen molar-refractivity contribution in [1.82, 2.24) is 4.98 Å². The Labute approximate surface area is 84.4 Å². The van der Waals surface area contributed by atoms with Crippen LogP contribution in [0.1, 0.15) is 18.1 Å². The lowest BCUT2D eigenvalue weighted by atomic mass is 10.1. The van der Waals surface area contributed by atoms with Crippen molar-refractivity contribution in [2.24, 2.45) is 5.73 Å². The first-order chi connectivity index (χ1) is 6.66. The summed E-state index contributed by atoms with van der Waals surface area (Å²) >= 11 is 0. The van der Waals surface area contributed by atoms with E-state index >= 15 is 0 Å². The number of rotatable bonds is 4. The van der Waals surface area contributed by atoms with E-state index in [0.717, 1.165) is 11.4 Å². The summed E-state index contributed by atoms with van der Waals surface area (Å²) in [6.07, 6.45) is 1.76. The fourth-order valence-electron chi connectivity index (χ4n) is 1.36. The van der Waals surface area contributed by atoms with Crippen LogP contribution in [0.5, 0.6) is 0 Å². The van der Waals surface area contributed by atoms with E-state index in [9.17, 15) is 5.11 Å². The standard InChI is InChI=1S/C10H17N3O/c1-13(2)10-8(4-3-7-12-10)9(14)5-6-11/h3-4,7,9,14H,5-6,11H2,1-2H3. The third kappa shape index (κ3) is 2.43. The summed E-state index contributed by atoms with van der Waals surface area (Å²) in [7, 11) is 3.81. The van der Waals surface area contributed by atoms with E-state index in [1.807, 2.05) is 31.1 Å². The van der Waals surface area contributed by atoms with Gasteiger partial charge < -0.3 is 15.7 Å². The fourth-order valence-corrected chi connectivity index (χ4v) is 1.36. The SMILES string of the molecule is CN(C)c1ncccc1C(O)CCN. The van der Waals surface area contributed by atoms with Gasteiger partial charge in [-0.25, -0.2) is 4.98 Å². The van der Waals surface area contributed by atoms with Crippen molar-refractivity contribution in [3.05, 3.63) is 23.9 Å². The summed E-state index contributed by atoms with van der Waals surface area (Å²) in [6.45, 7) is 0.475. The highest BCUT2D eigenvalue weighted by Crippen LogP contribution is 2.23. The minimum absolute atomic E-state index is 0.475. The van der Waals surface area contributed by atoms with Crippen LogP contribution in [0.2, 0.25) is 0 Å². The molecule has 0 aliphatic carbocycles. The molecule has 0 aliphatic heterocycles. The molecule has 0 radical (unpaired) electrons. The van der Waals surface area contributed by atoms with Gasteiger partial charge in [0.2, 0.25) is 0 Å². The maximum atomic E-state index is 9.80. The second-order valence-corrected chi connectivity index (χ2v) is 3.40. The molecule has 1 aromatic rings. The molecule has 0 amide bonds. The lowest BCUT2D eigenvalue weighted by Gasteiger charge is -2.18. The highest BCUT2D eigenvalue weighted by molar-refractivity contribution is 5.46. The Morgan fingerprint density at radius 1 is 1.57 bits per heavy atom. The topological polar surface area (TPSA) is 62.4 Å². The summed E-state index contributed by atoms with van der Waals surface area (Å²) in [5.41, 5.74) is 6.24. The van der Waals surface area contributed by atoms with Crippen LogP contribution in [-0.2, 0) is 0 Å². The molecule has 3 N–H and O–H groups in total. The second-order valence-electron chi connectivity index (χ2n) is 3.40. The number of aliphatic hydroxyl groups is 1. The number of aliphatic hydroxyl groups excluding tert-OH is 1. The van der Waals surface area contributed by atoms with Crippen LogP contribution in [0.25, 0.3) is 0 Å². The van der Waals surface area contributed by atoms with Gasteiger partial charge in [-0.05, 0) is 19.0 Å². The van der Waals surface area contributed by atoms with Crippen LogP contribution in [0, 0.1) is 0 Å². The molecular weight excluding hydrogens is 178 g/mol. The molecule has 1 atom stereocenters. The number of anilines is 1. The van der Waals surface area contributed by atoms with Crippen LogP contribution in [0.4, 0.5) is 5.82 Å². The largest absolute Gasteiger partial charge is 0.388 e. The zero-order valence-corrected chi connectivity index (χ0v) is 8.64. The summed E-state index contributed by atoms with van der Waals surface area (Å²) < 4.78 is 0. The van der Waals surface area contributed by atoms with Crippen molar-refractivity contribution >= 4 is 5.82 Å². The summed E-state index contributed by atoms with van der Waals surface area (Å²) in [6, 6.07) is 3.70. The molecule has 4 nitrogen and oxygen atoms in total. The van der Waals surface area contributed by atoms with E-state index in [1.165, 1.54) is 0 Å². The molecular formula is C10H17N3O. The summed E-state index contributed by atoms with van der Waals surface area (Å²) in [5.74, 6) is 0.799. The molecule has 1 unspecified atom stereocenters. The number of nitrogens with zero attached hydrogens (tertiary/aromatic N) is 2. The van der Waals surface area contributed by atoms with Gasteiger partial charge in [0.15, 0.2) is 0 Å². The summed E-state index contributed by atoms with van der Waals surface area (Å²) in [4.78, 5) is 6.09. The van der Waals surface area contributed by atoms with Gasteiger partial charge in [-0.3, -0.25) is 0 Å². The number of hydrogen-bond donors (Lipinski definition) is 2. The summed E-state index contributed by atoms with van der Waals surface area (Å²) in [5, 5.41) is 9.80. The average Bonchev–Trinajstić information content (AvgIpc) is 2.18. The van der Waals surface area contributed by atoms with Crippen molar-refractivity contribution in [2.75, 3.05) is 25.5 Å². The highest BCUT2D eigenvalue weighted by atomic mass is 16.3. The van der Waals surface area contributed by atoms with Gasteiger partial charge in [0, 0.05) is 25.9 Å². The van der Waals surface area contributed by atoms with E-state index in [4.69, 9.17) is 5.73 Å². The van der Waals surface area contributed by atoms with E-state index in [1.54, 1.807) is 6.20 Å². The van der Waals surface area contributed by atoms with E-state index in [2.05, 4.69) is 4.98 Å². The molecule has 1 aromatic heterocycles. The predicted molar refractivity (Wildman–Crippen MR) is 57.2 cm³/mol. The average molecular weight is 195 g/mol. The smallest absolute Gasteiger partial charge is 0.133 e. The number of aromatic nitrogens is 1. The molecule has 0 aromatic carbocycles. The van der Waals surface area contributed by atoms with Crippen molar-refractivity contribution in [2.45, 2.75) is 12.5 Å².